The molecule has 114 valence electrons. The predicted octanol–water partition coefficient (Wildman–Crippen LogP) is 1.05. The van der Waals surface area contributed by atoms with Crippen molar-refractivity contribution in [1.29, 1.82) is 0 Å². The van der Waals surface area contributed by atoms with Crippen molar-refractivity contribution in [2.75, 3.05) is 36.7 Å². The number of para-hydroxylation sites is 2. The summed E-state index contributed by atoms with van der Waals surface area (Å²) in [5.41, 5.74) is 1.10. The standard InChI is InChI=1S/C15H21N3O2S/c1-20-14-5-3-2-4-13(14)18-7-6-11(8-18)17-15(19)12-9-21-10-16-12/h2-5,11-12,16H,6-10H2,1H3,(H,17,19). The van der Waals surface area contributed by atoms with Crippen molar-refractivity contribution in [2.45, 2.75) is 18.5 Å². The number of methoxy groups -OCH3 is 1. The van der Waals surface area contributed by atoms with Gasteiger partial charge in [0.2, 0.25) is 5.91 Å². The van der Waals surface area contributed by atoms with Crippen LogP contribution in [0.2, 0.25) is 0 Å². The van der Waals surface area contributed by atoms with Gasteiger partial charge in [-0.1, -0.05) is 12.1 Å². The van der Waals surface area contributed by atoms with E-state index in [4.69, 9.17) is 4.74 Å². The van der Waals surface area contributed by atoms with E-state index in [0.717, 1.165) is 42.6 Å². The van der Waals surface area contributed by atoms with Crippen molar-refractivity contribution < 1.29 is 9.53 Å². The SMILES string of the molecule is COc1ccccc1N1CCC(NC(=O)C2CSCN2)C1. The molecule has 1 aromatic carbocycles. The zero-order valence-corrected chi connectivity index (χ0v) is 13.0. The van der Waals surface area contributed by atoms with E-state index in [9.17, 15) is 4.79 Å². The summed E-state index contributed by atoms with van der Waals surface area (Å²) in [5, 5.41) is 6.37. The number of benzene rings is 1. The first-order valence-corrected chi connectivity index (χ1v) is 8.43. The molecular weight excluding hydrogens is 286 g/mol. The number of hydrogen-bond donors (Lipinski definition) is 2. The Bertz CT molecular complexity index is 505. The first-order valence-electron chi connectivity index (χ1n) is 7.27. The molecule has 2 heterocycles. The highest BCUT2D eigenvalue weighted by atomic mass is 32.2. The molecule has 2 aliphatic rings. The highest BCUT2D eigenvalue weighted by molar-refractivity contribution is 7.99. The number of carbonyl (C=O) groups is 1. The molecule has 0 spiro atoms. The molecule has 2 atom stereocenters. The van der Waals surface area contributed by atoms with Crippen molar-refractivity contribution in [1.82, 2.24) is 10.6 Å². The minimum atomic E-state index is -0.0321. The third-order valence-electron chi connectivity index (χ3n) is 3.99. The van der Waals surface area contributed by atoms with Gasteiger partial charge in [0.1, 0.15) is 5.75 Å². The van der Waals surface area contributed by atoms with Gasteiger partial charge in [-0.15, -0.1) is 11.8 Å². The number of hydrogen-bond acceptors (Lipinski definition) is 5. The number of amides is 1. The number of nitrogens with one attached hydrogen (secondary N) is 2. The molecule has 0 aromatic heterocycles. The third kappa shape index (κ3) is 3.27. The fourth-order valence-electron chi connectivity index (χ4n) is 2.85. The fraction of sp³-hybridized carbons (Fsp3) is 0.533. The number of rotatable bonds is 4. The zero-order valence-electron chi connectivity index (χ0n) is 12.2. The summed E-state index contributed by atoms with van der Waals surface area (Å²) in [6, 6.07) is 8.22. The molecule has 2 fully saturated rings. The lowest BCUT2D eigenvalue weighted by molar-refractivity contribution is -0.123. The van der Waals surface area contributed by atoms with Crippen LogP contribution in [-0.4, -0.2) is 49.8 Å². The van der Waals surface area contributed by atoms with E-state index in [1.807, 2.05) is 18.2 Å². The van der Waals surface area contributed by atoms with Crippen LogP contribution in [0.1, 0.15) is 6.42 Å². The minimum Gasteiger partial charge on any atom is -0.495 e. The lowest BCUT2D eigenvalue weighted by atomic mass is 10.2. The van der Waals surface area contributed by atoms with Crippen LogP contribution in [0.5, 0.6) is 5.75 Å². The second-order valence-electron chi connectivity index (χ2n) is 5.38. The Hall–Kier alpha value is -1.40. The van der Waals surface area contributed by atoms with E-state index in [1.165, 1.54) is 0 Å². The maximum Gasteiger partial charge on any atom is 0.238 e. The average molecular weight is 307 g/mol. The van der Waals surface area contributed by atoms with Gasteiger partial charge in [0.05, 0.1) is 18.8 Å². The molecule has 2 saturated heterocycles. The molecule has 0 saturated carbocycles. The molecule has 6 heteroatoms. The van der Waals surface area contributed by atoms with E-state index in [1.54, 1.807) is 18.9 Å². The molecule has 2 unspecified atom stereocenters. The van der Waals surface area contributed by atoms with Crippen LogP contribution in [0.25, 0.3) is 0 Å². The topological polar surface area (TPSA) is 53.6 Å². The van der Waals surface area contributed by atoms with Gasteiger partial charge in [-0.25, -0.2) is 0 Å². The Balaban J connectivity index is 1.59. The van der Waals surface area contributed by atoms with Crippen LogP contribution >= 0.6 is 11.8 Å². The van der Waals surface area contributed by atoms with E-state index >= 15 is 0 Å². The van der Waals surface area contributed by atoms with Gasteiger partial charge in [-0.2, -0.15) is 0 Å². The first kappa shape index (κ1) is 14.5. The summed E-state index contributed by atoms with van der Waals surface area (Å²) in [5.74, 6) is 2.76. The highest BCUT2D eigenvalue weighted by Gasteiger charge is 2.29. The smallest absolute Gasteiger partial charge is 0.238 e. The van der Waals surface area contributed by atoms with Crippen molar-refractivity contribution in [3.63, 3.8) is 0 Å². The van der Waals surface area contributed by atoms with Gasteiger partial charge < -0.3 is 15.0 Å². The summed E-state index contributed by atoms with van der Waals surface area (Å²) in [7, 11) is 1.69. The number of ether oxygens (including phenoxy) is 1. The van der Waals surface area contributed by atoms with E-state index in [0.29, 0.717) is 0 Å². The Labute approximate surface area is 129 Å². The quantitative estimate of drug-likeness (QED) is 0.871. The van der Waals surface area contributed by atoms with Crippen molar-refractivity contribution in [2.24, 2.45) is 0 Å². The van der Waals surface area contributed by atoms with Crippen LogP contribution in [0.3, 0.4) is 0 Å². The summed E-state index contributed by atoms with van der Waals surface area (Å²) in [4.78, 5) is 14.4. The molecule has 2 aliphatic heterocycles. The molecule has 0 bridgehead atoms. The minimum absolute atomic E-state index is 0.0321. The molecule has 3 rings (SSSR count). The molecule has 21 heavy (non-hydrogen) atoms. The average Bonchev–Trinajstić information content (AvgIpc) is 3.18. The van der Waals surface area contributed by atoms with Gasteiger partial charge in [-0.3, -0.25) is 10.1 Å². The molecule has 2 N–H and O–H groups in total. The Kier molecular flexibility index (Phi) is 4.55. The van der Waals surface area contributed by atoms with Crippen molar-refractivity contribution >= 4 is 23.4 Å². The second-order valence-corrected chi connectivity index (χ2v) is 6.41. The highest BCUT2D eigenvalue weighted by Crippen LogP contribution is 2.30. The molecule has 0 aliphatic carbocycles. The summed E-state index contributed by atoms with van der Waals surface area (Å²) < 4.78 is 5.41. The van der Waals surface area contributed by atoms with E-state index in [2.05, 4.69) is 21.6 Å². The summed E-state index contributed by atoms with van der Waals surface area (Å²) in [6.07, 6.45) is 0.976. The fourth-order valence-corrected chi connectivity index (χ4v) is 3.80. The van der Waals surface area contributed by atoms with Crippen LogP contribution < -0.4 is 20.3 Å². The third-order valence-corrected chi connectivity index (χ3v) is 4.93. The van der Waals surface area contributed by atoms with Crippen LogP contribution in [0.4, 0.5) is 5.69 Å². The van der Waals surface area contributed by atoms with Gasteiger partial charge in [0.15, 0.2) is 0 Å². The zero-order chi connectivity index (χ0) is 14.7. The molecule has 5 nitrogen and oxygen atoms in total. The Morgan fingerprint density at radius 1 is 1.48 bits per heavy atom. The van der Waals surface area contributed by atoms with Gasteiger partial charge >= 0.3 is 0 Å². The maximum atomic E-state index is 12.1. The lowest BCUT2D eigenvalue weighted by Crippen LogP contribution is -2.47. The molecule has 1 aromatic rings. The number of thioether (sulfide) groups is 1. The van der Waals surface area contributed by atoms with Crippen LogP contribution in [0.15, 0.2) is 24.3 Å². The summed E-state index contributed by atoms with van der Waals surface area (Å²) >= 11 is 1.77. The molecular formula is C15H21N3O2S. The monoisotopic (exact) mass is 307 g/mol. The number of anilines is 1. The van der Waals surface area contributed by atoms with Crippen molar-refractivity contribution in [3.8, 4) is 5.75 Å². The van der Waals surface area contributed by atoms with Gasteiger partial charge in [0, 0.05) is 30.8 Å². The Morgan fingerprint density at radius 3 is 3.10 bits per heavy atom. The van der Waals surface area contributed by atoms with Crippen molar-refractivity contribution in [3.05, 3.63) is 24.3 Å². The molecule has 1 amide bonds. The number of nitrogens with zero attached hydrogens (tertiary/aromatic N) is 1. The summed E-state index contributed by atoms with van der Waals surface area (Å²) in [6.45, 7) is 1.78. The van der Waals surface area contributed by atoms with E-state index in [-0.39, 0.29) is 18.0 Å². The lowest BCUT2D eigenvalue weighted by Gasteiger charge is -2.21. The second kappa shape index (κ2) is 6.58. The van der Waals surface area contributed by atoms with Gasteiger partial charge in [-0.05, 0) is 18.6 Å². The van der Waals surface area contributed by atoms with E-state index < -0.39 is 0 Å². The normalized spacial score (nSPS) is 25.1. The van der Waals surface area contributed by atoms with Crippen LogP contribution in [-0.2, 0) is 4.79 Å². The predicted molar refractivity (Wildman–Crippen MR) is 86.0 cm³/mol. The first-order chi connectivity index (χ1) is 10.3. The Morgan fingerprint density at radius 2 is 2.33 bits per heavy atom. The van der Waals surface area contributed by atoms with Gasteiger partial charge in [0.25, 0.3) is 0 Å². The number of carbonyl (C=O) groups excluding carboxylic acids is 1. The molecule has 0 radical (unpaired) electrons. The maximum absolute atomic E-state index is 12.1. The van der Waals surface area contributed by atoms with Crippen LogP contribution in [0, 0.1) is 0 Å². The largest absolute Gasteiger partial charge is 0.495 e.